The average Bonchev–Trinajstić information content (AvgIpc) is 3.15. The Morgan fingerprint density at radius 1 is 0.685 bits per heavy atom. The van der Waals surface area contributed by atoms with E-state index in [4.69, 9.17) is 34.2 Å². The van der Waals surface area contributed by atoms with Crippen molar-refractivity contribution in [3.63, 3.8) is 0 Å². The van der Waals surface area contributed by atoms with Crippen LogP contribution >= 0.6 is 0 Å². The van der Waals surface area contributed by atoms with Crippen molar-refractivity contribution in [3.8, 4) is 0 Å². The van der Waals surface area contributed by atoms with Gasteiger partial charge in [0.25, 0.3) is 0 Å². The van der Waals surface area contributed by atoms with Gasteiger partial charge in [-0.2, -0.15) is 0 Å². The third-order valence-corrected chi connectivity index (χ3v) is 9.16. The molecule has 0 bridgehead atoms. The first-order chi connectivity index (χ1) is 25.6. The van der Waals surface area contributed by atoms with E-state index >= 15 is 0 Å². The topological polar surface area (TPSA) is 371 Å². The van der Waals surface area contributed by atoms with Gasteiger partial charge in [-0.25, -0.2) is 5.43 Å². The summed E-state index contributed by atoms with van der Waals surface area (Å²) in [4.78, 5) is 36.4. The highest BCUT2D eigenvalue weighted by Crippen LogP contribution is 2.31. The number of unbranched alkanes of at least 4 members (excludes halogenated alkanes) is 1. The van der Waals surface area contributed by atoms with E-state index in [1.165, 1.54) is 6.92 Å². The van der Waals surface area contributed by atoms with Crippen molar-refractivity contribution in [2.75, 3.05) is 39.5 Å². The Hall–Kier alpha value is -2.11. The van der Waals surface area contributed by atoms with E-state index in [0.29, 0.717) is 25.8 Å². The van der Waals surface area contributed by atoms with Crippen molar-refractivity contribution >= 4 is 17.6 Å². The summed E-state index contributed by atoms with van der Waals surface area (Å²) in [6, 6.07) is -0.606. The second-order valence-corrected chi connectivity index (χ2v) is 13.2. The van der Waals surface area contributed by atoms with Crippen LogP contribution in [0.1, 0.15) is 39.0 Å². The van der Waals surface area contributed by atoms with E-state index in [9.17, 15) is 65.4 Å². The van der Waals surface area contributed by atoms with Crippen molar-refractivity contribution in [1.29, 1.82) is 0 Å². The summed E-state index contributed by atoms with van der Waals surface area (Å²) < 4.78 is 33.1. The number of ether oxygens (including phenoxy) is 6. The van der Waals surface area contributed by atoms with Crippen molar-refractivity contribution in [3.05, 3.63) is 0 Å². The molecule has 54 heavy (non-hydrogen) atoms. The fourth-order valence-corrected chi connectivity index (χ4v) is 5.85. The highest BCUT2D eigenvalue weighted by Gasteiger charge is 2.52. The van der Waals surface area contributed by atoms with E-state index in [-0.39, 0.29) is 31.8 Å². The Kier molecular flexibility index (Phi) is 19.4. The fourth-order valence-electron chi connectivity index (χ4n) is 5.85. The number of carbonyl (C=O) groups excluding carboxylic acids is 3. The van der Waals surface area contributed by atoms with Crippen LogP contribution in [0, 0.1) is 0 Å². The molecule has 3 aliphatic rings. The van der Waals surface area contributed by atoms with Gasteiger partial charge in [0.15, 0.2) is 18.9 Å². The normalized spacial score (nSPS) is 37.7. The Morgan fingerprint density at radius 3 is 1.83 bits per heavy atom. The molecule has 3 aliphatic heterocycles. The number of rotatable bonds is 21. The first-order valence-electron chi connectivity index (χ1n) is 17.7. The van der Waals surface area contributed by atoms with Gasteiger partial charge in [-0.1, -0.05) is 6.42 Å². The summed E-state index contributed by atoms with van der Waals surface area (Å²) in [7, 11) is 0. The summed E-state index contributed by atoms with van der Waals surface area (Å²) in [5.41, 5.74) is 10.5. The SMILES string of the molecule is CC(=O)[C@H](CCCCN)NNC(=O)CCC(=O)NCCO[C@@H]1O[C@H](CO[C@H]2O[C@H](CO)[C@@H](O)[C@H](O)[C@@H]2O)[C@@H](O)[C@H](O[C@H]2O[C@H](CO)[C@@H](O)[C@H](O)[C@@H]2O)[C@@H]1O. The average molecular weight is 789 g/mol. The number of ketones is 1. The number of carbonyl (C=O) groups is 3. The van der Waals surface area contributed by atoms with Gasteiger partial charge in [0.05, 0.1) is 32.5 Å². The van der Waals surface area contributed by atoms with Crippen LogP contribution in [0.15, 0.2) is 0 Å². The Labute approximate surface area is 310 Å². The van der Waals surface area contributed by atoms with E-state index < -0.39 is 130 Å². The zero-order chi connectivity index (χ0) is 40.1. The van der Waals surface area contributed by atoms with Gasteiger partial charge >= 0.3 is 0 Å². The van der Waals surface area contributed by atoms with E-state index in [1.807, 2.05) is 0 Å². The van der Waals surface area contributed by atoms with Crippen molar-refractivity contribution in [1.82, 2.24) is 16.2 Å². The first kappa shape index (κ1) is 46.3. The Morgan fingerprint density at radius 2 is 1.24 bits per heavy atom. The zero-order valence-electron chi connectivity index (χ0n) is 29.7. The molecule has 0 aliphatic carbocycles. The summed E-state index contributed by atoms with van der Waals surface area (Å²) in [5.74, 6) is -1.26. The van der Waals surface area contributed by atoms with E-state index in [2.05, 4.69) is 16.2 Å². The van der Waals surface area contributed by atoms with Crippen molar-refractivity contribution in [2.24, 2.45) is 5.73 Å². The molecule has 0 saturated carbocycles. The number of aliphatic hydroxyl groups is 10. The quantitative estimate of drug-likeness (QED) is 0.0379. The molecule has 3 saturated heterocycles. The summed E-state index contributed by atoms with van der Waals surface area (Å²) in [5, 5.41) is 105. The minimum Gasteiger partial charge on any atom is -0.394 e. The second-order valence-electron chi connectivity index (χ2n) is 13.2. The predicted molar refractivity (Wildman–Crippen MR) is 176 cm³/mol. The van der Waals surface area contributed by atoms with Crippen LogP contribution in [-0.4, -0.2) is 206 Å². The zero-order valence-corrected chi connectivity index (χ0v) is 29.7. The molecule has 23 nitrogen and oxygen atoms in total. The number of hydrazine groups is 1. The van der Waals surface area contributed by atoms with E-state index in [0.717, 1.165) is 0 Å². The third-order valence-electron chi connectivity index (χ3n) is 9.16. The van der Waals surface area contributed by atoms with Gasteiger partial charge in [0, 0.05) is 19.4 Å². The lowest BCUT2D eigenvalue weighted by atomic mass is 9.96. The largest absolute Gasteiger partial charge is 0.394 e. The minimum absolute atomic E-state index is 0.161. The van der Waals surface area contributed by atoms with Crippen molar-refractivity contribution < 1.29 is 93.9 Å². The van der Waals surface area contributed by atoms with Crippen LogP contribution in [0.25, 0.3) is 0 Å². The van der Waals surface area contributed by atoms with Crippen LogP contribution in [0.5, 0.6) is 0 Å². The smallest absolute Gasteiger partial charge is 0.234 e. The molecule has 0 aromatic carbocycles. The number of nitrogens with two attached hydrogens (primary N) is 1. The number of aliphatic hydroxyl groups excluding tert-OH is 10. The van der Waals surface area contributed by atoms with Gasteiger partial charge in [-0.15, -0.1) is 0 Å². The Bertz CT molecular complexity index is 1160. The molecule has 2 amide bonds. The maximum Gasteiger partial charge on any atom is 0.234 e. The molecule has 3 heterocycles. The molecular formula is C31H56N4O19. The molecule has 0 unspecified atom stereocenters. The lowest BCUT2D eigenvalue weighted by molar-refractivity contribution is -0.366. The molecule has 0 aromatic heterocycles. The molecule has 3 fully saturated rings. The summed E-state index contributed by atoms with van der Waals surface area (Å²) in [6.07, 6.45) is -24.1. The first-order valence-corrected chi connectivity index (χ1v) is 17.7. The molecule has 0 radical (unpaired) electrons. The molecule has 16 atom stereocenters. The number of hydrogen-bond donors (Lipinski definition) is 14. The number of amides is 2. The van der Waals surface area contributed by atoms with Gasteiger partial charge in [0.1, 0.15) is 79.0 Å². The predicted octanol–water partition coefficient (Wildman–Crippen LogP) is -7.94. The maximum absolute atomic E-state index is 12.4. The third kappa shape index (κ3) is 12.7. The highest BCUT2D eigenvalue weighted by molar-refractivity contribution is 5.84. The van der Waals surface area contributed by atoms with Gasteiger partial charge in [0.2, 0.25) is 11.8 Å². The number of nitrogens with one attached hydrogen (secondary N) is 3. The molecule has 3 rings (SSSR count). The summed E-state index contributed by atoms with van der Waals surface area (Å²) >= 11 is 0. The van der Waals surface area contributed by atoms with Gasteiger partial charge in [-0.3, -0.25) is 19.8 Å². The second kappa shape index (κ2) is 22.6. The van der Waals surface area contributed by atoms with Gasteiger partial charge < -0.3 is 90.5 Å². The molecule has 0 spiro atoms. The number of hydrogen-bond acceptors (Lipinski definition) is 21. The molecule has 314 valence electrons. The maximum atomic E-state index is 12.4. The van der Waals surface area contributed by atoms with Gasteiger partial charge in [-0.05, 0) is 26.3 Å². The van der Waals surface area contributed by atoms with Crippen LogP contribution in [0.4, 0.5) is 0 Å². The van der Waals surface area contributed by atoms with Crippen LogP contribution in [-0.2, 0) is 42.8 Å². The minimum atomic E-state index is -1.92. The van der Waals surface area contributed by atoms with Crippen LogP contribution < -0.4 is 21.9 Å². The van der Waals surface area contributed by atoms with Crippen LogP contribution in [0.2, 0.25) is 0 Å². The molecular weight excluding hydrogens is 732 g/mol. The van der Waals surface area contributed by atoms with E-state index in [1.54, 1.807) is 0 Å². The number of Topliss-reactive ketones (excluding diaryl/α,β-unsaturated/α-hetero) is 1. The monoisotopic (exact) mass is 788 g/mol. The lowest BCUT2D eigenvalue weighted by Crippen LogP contribution is -2.65. The lowest BCUT2D eigenvalue weighted by Gasteiger charge is -2.46. The standard InChI is InChI=1S/C31H56N4O19/c1-13(38)14(4-2-3-7-32)34-35-19(40)6-5-18(39)33-8-9-49-30-27(48)28(54-31-26(47)24(45)21(42)16(11-37)52-31)22(43)17(53-30)12-50-29-25(46)23(44)20(41)15(10-36)51-29/h14-17,20-31,34,36-37,41-48H,2-12,32H2,1H3,(H,33,39)(H,35,40)/t14-,15+,16+,17+,20+,21+,22+,23-,24-,25-,26-,27-,28-,29-,30+,31+/m0/s1. The van der Waals surface area contributed by atoms with Crippen LogP contribution in [0.3, 0.4) is 0 Å². The fraction of sp³-hybridized carbons (Fsp3) is 0.903. The summed E-state index contributed by atoms with van der Waals surface area (Å²) in [6.45, 7) is -0.818. The van der Waals surface area contributed by atoms with Crippen molar-refractivity contribution in [2.45, 2.75) is 137 Å². The highest BCUT2D eigenvalue weighted by atomic mass is 16.7. The Balaban J connectivity index is 1.59. The molecule has 23 heteroatoms. The molecule has 15 N–H and O–H groups in total. The molecule has 0 aromatic rings.